The van der Waals surface area contributed by atoms with Gasteiger partial charge in [-0.05, 0) is 47.4 Å². The molecule has 2 N–H and O–H groups in total. The van der Waals surface area contributed by atoms with Gasteiger partial charge in [0.2, 0.25) is 0 Å². The van der Waals surface area contributed by atoms with Gasteiger partial charge in [0.05, 0.1) is 0 Å². The highest BCUT2D eigenvalue weighted by Crippen LogP contribution is 2.45. The molecule has 148 valence electrons. The maximum atomic E-state index is 12.7. The Morgan fingerprint density at radius 3 is 2.17 bits per heavy atom. The topological polar surface area (TPSA) is 75.6 Å². The number of benzene rings is 2. The second kappa shape index (κ2) is 6.76. The monoisotopic (exact) mass is 389 g/mol. The molecule has 0 saturated heterocycles. The van der Waals surface area contributed by atoms with Crippen molar-refractivity contribution >= 4 is 12.1 Å². The van der Waals surface area contributed by atoms with Gasteiger partial charge in [0.15, 0.2) is 0 Å². The van der Waals surface area contributed by atoms with Gasteiger partial charge in [0.1, 0.15) is 12.1 Å². The minimum atomic E-state index is -1.26. The summed E-state index contributed by atoms with van der Waals surface area (Å²) in [5.74, 6) is -1.02. The van der Waals surface area contributed by atoms with E-state index in [0.717, 1.165) is 35.1 Å². The number of nitrogens with one attached hydrogen (secondary N) is 1. The van der Waals surface area contributed by atoms with Crippen molar-refractivity contribution in [3.63, 3.8) is 0 Å². The predicted octanol–water partition coefficient (Wildman–Crippen LogP) is 4.33. The normalized spacial score (nSPS) is 26.6. The fourth-order valence-electron chi connectivity index (χ4n) is 5.28. The highest BCUT2D eigenvalue weighted by atomic mass is 16.5. The van der Waals surface area contributed by atoms with Gasteiger partial charge < -0.3 is 15.2 Å². The third kappa shape index (κ3) is 2.84. The highest BCUT2D eigenvalue weighted by molar-refractivity contribution is 5.86. The van der Waals surface area contributed by atoms with E-state index >= 15 is 0 Å². The molecule has 0 aromatic heterocycles. The Morgan fingerprint density at radius 2 is 1.66 bits per heavy atom. The Hall–Kier alpha value is -3.08. The van der Waals surface area contributed by atoms with E-state index in [4.69, 9.17) is 4.74 Å². The lowest BCUT2D eigenvalue weighted by Crippen LogP contribution is -2.62. The predicted molar refractivity (Wildman–Crippen MR) is 109 cm³/mol. The summed E-state index contributed by atoms with van der Waals surface area (Å²) in [4.78, 5) is 24.7. The van der Waals surface area contributed by atoms with Crippen LogP contribution in [-0.2, 0) is 9.53 Å². The van der Waals surface area contributed by atoms with Crippen molar-refractivity contribution in [3.8, 4) is 11.1 Å². The number of alkyl carbamates (subject to hydrolysis) is 1. The number of aliphatic carboxylic acids is 1. The first kappa shape index (κ1) is 18.0. The quantitative estimate of drug-likeness (QED) is 0.763. The first-order chi connectivity index (χ1) is 14.1. The van der Waals surface area contributed by atoms with Crippen molar-refractivity contribution in [2.75, 3.05) is 6.61 Å². The van der Waals surface area contributed by atoms with Crippen molar-refractivity contribution in [1.29, 1.82) is 0 Å². The van der Waals surface area contributed by atoms with Gasteiger partial charge >= 0.3 is 12.1 Å². The molecule has 0 aliphatic heterocycles. The van der Waals surface area contributed by atoms with Crippen molar-refractivity contribution in [3.05, 3.63) is 71.8 Å². The Bertz CT molecular complexity index is 968. The van der Waals surface area contributed by atoms with Crippen molar-refractivity contribution < 1.29 is 19.4 Å². The van der Waals surface area contributed by atoms with Crippen LogP contribution < -0.4 is 5.32 Å². The smallest absolute Gasteiger partial charge is 0.408 e. The number of carbonyl (C=O) groups is 2. The van der Waals surface area contributed by atoms with Crippen LogP contribution in [0.4, 0.5) is 4.79 Å². The summed E-state index contributed by atoms with van der Waals surface area (Å²) in [5, 5.41) is 12.6. The minimum absolute atomic E-state index is 0.0448. The molecule has 4 aliphatic carbocycles. The highest BCUT2D eigenvalue weighted by Gasteiger charge is 2.52. The lowest BCUT2D eigenvalue weighted by Gasteiger charge is -2.45. The number of ether oxygens (including phenoxy) is 1. The Balaban J connectivity index is 1.34. The van der Waals surface area contributed by atoms with Gasteiger partial charge in [-0.1, -0.05) is 60.7 Å². The molecule has 0 spiro atoms. The van der Waals surface area contributed by atoms with Gasteiger partial charge in [-0.25, -0.2) is 9.59 Å². The molecule has 0 heterocycles. The molecule has 6 rings (SSSR count). The number of rotatable bonds is 4. The van der Waals surface area contributed by atoms with Crippen LogP contribution in [0, 0.1) is 11.8 Å². The van der Waals surface area contributed by atoms with Gasteiger partial charge in [0.25, 0.3) is 0 Å². The first-order valence-electron chi connectivity index (χ1n) is 10.1. The average Bonchev–Trinajstić information content (AvgIpc) is 3.07. The van der Waals surface area contributed by atoms with E-state index < -0.39 is 17.6 Å². The fourth-order valence-corrected chi connectivity index (χ4v) is 5.28. The average molecular weight is 389 g/mol. The summed E-state index contributed by atoms with van der Waals surface area (Å²) < 4.78 is 5.59. The number of carboxylic acid groups (broad SMARTS) is 1. The number of amides is 1. The summed E-state index contributed by atoms with van der Waals surface area (Å²) in [6.45, 7) is 0.180. The minimum Gasteiger partial charge on any atom is -0.479 e. The van der Waals surface area contributed by atoms with Crippen molar-refractivity contribution in [2.24, 2.45) is 11.8 Å². The maximum Gasteiger partial charge on any atom is 0.408 e. The van der Waals surface area contributed by atoms with Gasteiger partial charge in [-0.2, -0.15) is 0 Å². The first-order valence-corrected chi connectivity index (χ1v) is 10.1. The van der Waals surface area contributed by atoms with Crippen LogP contribution in [0.25, 0.3) is 11.1 Å². The summed E-state index contributed by atoms with van der Waals surface area (Å²) >= 11 is 0. The largest absolute Gasteiger partial charge is 0.479 e. The van der Waals surface area contributed by atoms with E-state index in [2.05, 4.69) is 35.7 Å². The number of fused-ring (bicyclic) bond motifs is 5. The number of hydrogen-bond donors (Lipinski definition) is 2. The zero-order valence-electron chi connectivity index (χ0n) is 16.0. The van der Waals surface area contributed by atoms with E-state index in [1.165, 1.54) is 0 Å². The van der Waals surface area contributed by atoms with Crippen molar-refractivity contribution in [1.82, 2.24) is 5.32 Å². The number of hydrogen-bond acceptors (Lipinski definition) is 3. The molecule has 3 atom stereocenters. The van der Waals surface area contributed by atoms with E-state index in [-0.39, 0.29) is 24.4 Å². The van der Waals surface area contributed by atoms with Crippen LogP contribution in [0.5, 0.6) is 0 Å². The molecule has 4 aliphatic rings. The molecule has 1 amide bonds. The van der Waals surface area contributed by atoms with E-state index in [1.807, 2.05) is 30.3 Å². The SMILES string of the molecule is O=C(NC1(C(=O)O)C[C@H]2C=C[C@@H]1CC2)OCC1c2ccccc2-c2ccccc21. The van der Waals surface area contributed by atoms with E-state index in [0.29, 0.717) is 6.42 Å². The van der Waals surface area contributed by atoms with Crippen LogP contribution in [0.1, 0.15) is 36.3 Å². The maximum absolute atomic E-state index is 12.7. The Labute approximate surface area is 169 Å². The van der Waals surface area contributed by atoms with Crippen LogP contribution in [0.15, 0.2) is 60.7 Å². The standard InChI is InChI=1S/C24H23NO4/c26-22(27)24(13-15-9-11-16(24)12-10-15)25-23(28)29-14-21-19-7-3-1-5-17(19)18-6-2-4-8-20(18)21/h1-9,11,15-16,21H,10,12-14H2,(H,25,28)(H,26,27)/t15-,16+,24?/m0/s1. The number of carboxylic acids is 1. The van der Waals surface area contributed by atoms with Gasteiger partial charge in [0, 0.05) is 11.8 Å². The molecule has 2 bridgehead atoms. The molecule has 1 unspecified atom stereocenters. The summed E-state index contributed by atoms with van der Waals surface area (Å²) in [6, 6.07) is 16.3. The molecule has 0 radical (unpaired) electrons. The number of carbonyl (C=O) groups excluding carboxylic acids is 1. The van der Waals surface area contributed by atoms with Crippen LogP contribution >= 0.6 is 0 Å². The molecule has 2 aromatic carbocycles. The van der Waals surface area contributed by atoms with Crippen molar-refractivity contribution in [2.45, 2.75) is 30.7 Å². The second-order valence-corrected chi connectivity index (χ2v) is 8.26. The zero-order valence-corrected chi connectivity index (χ0v) is 16.0. The number of allylic oxidation sites excluding steroid dienone is 1. The Kier molecular flexibility index (Phi) is 4.19. The summed E-state index contributed by atoms with van der Waals surface area (Å²) in [6.07, 6.45) is 5.53. The molecule has 29 heavy (non-hydrogen) atoms. The molecule has 1 saturated carbocycles. The third-order valence-electron chi connectivity index (χ3n) is 6.73. The molecule has 5 nitrogen and oxygen atoms in total. The molecular formula is C24H23NO4. The summed E-state index contributed by atoms with van der Waals surface area (Å²) in [5.41, 5.74) is 3.33. The molecule has 1 fully saturated rings. The molecule has 2 aromatic rings. The lowest BCUT2D eigenvalue weighted by molar-refractivity contribution is -0.149. The Morgan fingerprint density at radius 1 is 1.00 bits per heavy atom. The second-order valence-electron chi connectivity index (χ2n) is 8.26. The lowest BCUT2D eigenvalue weighted by atomic mass is 9.64. The third-order valence-corrected chi connectivity index (χ3v) is 6.73. The fraction of sp³-hybridized carbons (Fsp3) is 0.333. The van der Waals surface area contributed by atoms with E-state index in [9.17, 15) is 14.7 Å². The summed E-state index contributed by atoms with van der Waals surface area (Å²) in [7, 11) is 0. The van der Waals surface area contributed by atoms with Crippen LogP contribution in [0.3, 0.4) is 0 Å². The molecular weight excluding hydrogens is 366 g/mol. The van der Waals surface area contributed by atoms with Crippen LogP contribution in [-0.4, -0.2) is 29.3 Å². The van der Waals surface area contributed by atoms with Gasteiger partial charge in [-0.15, -0.1) is 0 Å². The van der Waals surface area contributed by atoms with E-state index in [1.54, 1.807) is 0 Å². The van der Waals surface area contributed by atoms with Crippen LogP contribution in [0.2, 0.25) is 0 Å². The van der Waals surface area contributed by atoms with Gasteiger partial charge in [-0.3, -0.25) is 0 Å². The molecule has 5 heteroatoms. The zero-order chi connectivity index (χ0) is 20.0.